The molecule has 5 heteroatoms. The average Bonchev–Trinajstić information content (AvgIpc) is 2.56. The molecule has 2 aromatic carbocycles. The van der Waals surface area contributed by atoms with Gasteiger partial charge in [-0.1, -0.05) is 50.2 Å². The van der Waals surface area contributed by atoms with E-state index in [1.165, 1.54) is 0 Å². The van der Waals surface area contributed by atoms with E-state index in [1.807, 2.05) is 56.3 Å². The lowest BCUT2D eigenvalue weighted by atomic mass is 10.1. The Labute approximate surface area is 142 Å². The SMILES string of the molecule is CC(C)NCC(COc1cccc2ccccc12)OC(=O)CS. The summed E-state index contributed by atoms with van der Waals surface area (Å²) in [6.45, 7) is 4.93. The molecule has 0 aliphatic heterocycles. The quantitative estimate of drug-likeness (QED) is 0.576. The number of esters is 1. The molecular formula is C18H23NO3S. The van der Waals surface area contributed by atoms with E-state index in [-0.39, 0.29) is 17.8 Å². The van der Waals surface area contributed by atoms with Gasteiger partial charge in [0.1, 0.15) is 18.5 Å². The predicted molar refractivity (Wildman–Crippen MR) is 96.3 cm³/mol. The van der Waals surface area contributed by atoms with Gasteiger partial charge in [-0.3, -0.25) is 4.79 Å². The van der Waals surface area contributed by atoms with Crippen LogP contribution in [0.2, 0.25) is 0 Å². The summed E-state index contributed by atoms with van der Waals surface area (Å²) in [6, 6.07) is 14.3. The summed E-state index contributed by atoms with van der Waals surface area (Å²) in [5.74, 6) is 0.511. The normalized spacial score (nSPS) is 12.3. The maximum Gasteiger partial charge on any atom is 0.316 e. The Kier molecular flexibility index (Phi) is 6.74. The van der Waals surface area contributed by atoms with Gasteiger partial charge in [-0.25, -0.2) is 0 Å². The third-order valence-electron chi connectivity index (χ3n) is 3.36. The van der Waals surface area contributed by atoms with Gasteiger partial charge >= 0.3 is 5.97 Å². The summed E-state index contributed by atoms with van der Waals surface area (Å²) in [7, 11) is 0. The third kappa shape index (κ3) is 5.44. The first-order valence-corrected chi connectivity index (χ1v) is 8.37. The van der Waals surface area contributed by atoms with Gasteiger partial charge in [0.05, 0.1) is 5.75 Å². The van der Waals surface area contributed by atoms with Crippen LogP contribution in [0.3, 0.4) is 0 Å². The molecule has 0 heterocycles. The van der Waals surface area contributed by atoms with Crippen LogP contribution in [0.1, 0.15) is 13.8 Å². The molecule has 0 bridgehead atoms. The number of rotatable bonds is 8. The van der Waals surface area contributed by atoms with Crippen molar-refractivity contribution in [1.29, 1.82) is 0 Å². The van der Waals surface area contributed by atoms with Crippen molar-refractivity contribution in [3.63, 3.8) is 0 Å². The molecule has 0 fully saturated rings. The molecule has 1 N–H and O–H groups in total. The summed E-state index contributed by atoms with van der Waals surface area (Å²) in [5, 5.41) is 5.43. The number of thiol groups is 1. The zero-order valence-corrected chi connectivity index (χ0v) is 14.4. The first kappa shape index (κ1) is 17.6. The molecule has 1 atom stereocenters. The van der Waals surface area contributed by atoms with Crippen molar-refractivity contribution in [2.24, 2.45) is 0 Å². The van der Waals surface area contributed by atoms with Crippen molar-refractivity contribution >= 4 is 29.4 Å². The first-order chi connectivity index (χ1) is 11.1. The van der Waals surface area contributed by atoms with E-state index in [4.69, 9.17) is 9.47 Å². The molecule has 0 aliphatic carbocycles. The molecule has 0 saturated heterocycles. The van der Waals surface area contributed by atoms with Gasteiger partial charge in [0, 0.05) is 18.0 Å². The fraction of sp³-hybridized carbons (Fsp3) is 0.389. The van der Waals surface area contributed by atoms with Crippen LogP contribution in [0.5, 0.6) is 5.75 Å². The second-order valence-electron chi connectivity index (χ2n) is 5.62. The van der Waals surface area contributed by atoms with E-state index in [0.717, 1.165) is 16.5 Å². The highest BCUT2D eigenvalue weighted by molar-refractivity contribution is 7.81. The summed E-state index contributed by atoms with van der Waals surface area (Å²) >= 11 is 3.95. The third-order valence-corrected chi connectivity index (χ3v) is 3.61. The summed E-state index contributed by atoms with van der Waals surface area (Å²) in [4.78, 5) is 11.5. The van der Waals surface area contributed by atoms with E-state index in [0.29, 0.717) is 19.2 Å². The Morgan fingerprint density at radius 3 is 2.65 bits per heavy atom. The molecule has 0 saturated carbocycles. The van der Waals surface area contributed by atoms with Gasteiger partial charge in [0.25, 0.3) is 0 Å². The van der Waals surface area contributed by atoms with Crippen LogP contribution in [0, 0.1) is 0 Å². The molecule has 23 heavy (non-hydrogen) atoms. The van der Waals surface area contributed by atoms with Crippen molar-refractivity contribution in [1.82, 2.24) is 5.32 Å². The molecule has 2 rings (SSSR count). The average molecular weight is 333 g/mol. The number of nitrogens with one attached hydrogen (secondary N) is 1. The van der Waals surface area contributed by atoms with E-state index in [9.17, 15) is 4.79 Å². The number of carbonyl (C=O) groups is 1. The van der Waals surface area contributed by atoms with Crippen molar-refractivity contribution in [2.45, 2.75) is 26.0 Å². The number of ether oxygens (including phenoxy) is 2. The summed E-state index contributed by atoms with van der Waals surface area (Å²) < 4.78 is 11.3. The molecule has 1 unspecified atom stereocenters. The number of hydrogen-bond donors (Lipinski definition) is 2. The van der Waals surface area contributed by atoms with Crippen LogP contribution in [-0.2, 0) is 9.53 Å². The highest BCUT2D eigenvalue weighted by atomic mass is 32.1. The van der Waals surface area contributed by atoms with Crippen LogP contribution >= 0.6 is 12.6 Å². The van der Waals surface area contributed by atoms with Crippen LogP contribution in [-0.4, -0.2) is 37.0 Å². The lowest BCUT2D eigenvalue weighted by molar-refractivity contribution is -0.147. The zero-order chi connectivity index (χ0) is 16.7. The second kappa shape index (κ2) is 8.79. The molecule has 0 amide bonds. The molecule has 4 nitrogen and oxygen atoms in total. The summed E-state index contributed by atoms with van der Waals surface area (Å²) in [5.41, 5.74) is 0. The Hall–Kier alpha value is -1.72. The van der Waals surface area contributed by atoms with Gasteiger partial charge in [-0.2, -0.15) is 12.6 Å². The molecular weight excluding hydrogens is 310 g/mol. The van der Waals surface area contributed by atoms with Crippen LogP contribution in [0.15, 0.2) is 42.5 Å². The maximum atomic E-state index is 11.5. The Bertz CT molecular complexity index is 640. The molecule has 124 valence electrons. The molecule has 0 spiro atoms. The zero-order valence-electron chi connectivity index (χ0n) is 13.5. The minimum atomic E-state index is -0.351. The Morgan fingerprint density at radius 1 is 1.17 bits per heavy atom. The highest BCUT2D eigenvalue weighted by Crippen LogP contribution is 2.25. The van der Waals surface area contributed by atoms with Gasteiger partial charge < -0.3 is 14.8 Å². The van der Waals surface area contributed by atoms with Crippen molar-refractivity contribution in [3.8, 4) is 5.75 Å². The molecule has 0 radical (unpaired) electrons. The van der Waals surface area contributed by atoms with E-state index >= 15 is 0 Å². The van der Waals surface area contributed by atoms with Gasteiger partial charge in [0.2, 0.25) is 0 Å². The number of carbonyl (C=O) groups excluding carboxylic acids is 1. The minimum Gasteiger partial charge on any atom is -0.489 e. The molecule has 2 aromatic rings. The minimum absolute atomic E-state index is 0.0620. The number of fused-ring (bicyclic) bond motifs is 1. The standard InChI is InChI=1S/C18H23NO3S/c1-13(2)19-10-15(22-18(20)12-23)11-21-17-9-5-7-14-6-3-4-8-16(14)17/h3-9,13,15,19,23H,10-12H2,1-2H3. The maximum absolute atomic E-state index is 11.5. The largest absolute Gasteiger partial charge is 0.489 e. The van der Waals surface area contributed by atoms with Gasteiger partial charge in [0.15, 0.2) is 0 Å². The fourth-order valence-electron chi connectivity index (χ4n) is 2.23. The number of benzene rings is 2. The predicted octanol–water partition coefficient (Wildman–Crippen LogP) is 3.06. The Balaban J connectivity index is 2.05. The van der Waals surface area contributed by atoms with E-state index in [2.05, 4.69) is 17.9 Å². The molecule has 0 aromatic heterocycles. The van der Waals surface area contributed by atoms with Gasteiger partial charge in [-0.05, 0) is 11.5 Å². The number of hydrogen-bond acceptors (Lipinski definition) is 5. The van der Waals surface area contributed by atoms with Gasteiger partial charge in [-0.15, -0.1) is 0 Å². The lowest BCUT2D eigenvalue weighted by Gasteiger charge is -2.20. The van der Waals surface area contributed by atoms with E-state index in [1.54, 1.807) is 0 Å². The highest BCUT2D eigenvalue weighted by Gasteiger charge is 2.15. The van der Waals surface area contributed by atoms with E-state index < -0.39 is 0 Å². The Morgan fingerprint density at radius 2 is 1.91 bits per heavy atom. The second-order valence-corrected chi connectivity index (χ2v) is 5.94. The lowest BCUT2D eigenvalue weighted by Crippen LogP contribution is -2.38. The fourth-order valence-corrected chi connectivity index (χ4v) is 2.30. The van der Waals surface area contributed by atoms with Crippen LogP contribution < -0.4 is 10.1 Å². The smallest absolute Gasteiger partial charge is 0.316 e. The monoisotopic (exact) mass is 333 g/mol. The topological polar surface area (TPSA) is 47.6 Å². The summed E-state index contributed by atoms with van der Waals surface area (Å²) in [6.07, 6.45) is -0.351. The van der Waals surface area contributed by atoms with Crippen molar-refractivity contribution in [3.05, 3.63) is 42.5 Å². The van der Waals surface area contributed by atoms with Crippen molar-refractivity contribution in [2.75, 3.05) is 18.9 Å². The molecule has 0 aliphatic rings. The first-order valence-electron chi connectivity index (χ1n) is 7.74. The van der Waals surface area contributed by atoms with Crippen molar-refractivity contribution < 1.29 is 14.3 Å². The van der Waals surface area contributed by atoms with Crippen LogP contribution in [0.4, 0.5) is 0 Å². The van der Waals surface area contributed by atoms with Crippen LogP contribution in [0.25, 0.3) is 10.8 Å².